The third-order valence-electron chi connectivity index (χ3n) is 5.08. The van der Waals surface area contributed by atoms with Crippen molar-refractivity contribution in [2.24, 2.45) is 5.92 Å². The van der Waals surface area contributed by atoms with Crippen molar-refractivity contribution < 1.29 is 23.5 Å². The number of hydrogen-bond acceptors (Lipinski definition) is 5. The van der Waals surface area contributed by atoms with Crippen LogP contribution in [0.2, 0.25) is 5.02 Å². The first-order valence-electron chi connectivity index (χ1n) is 10.4. The predicted octanol–water partition coefficient (Wildman–Crippen LogP) is 5.18. The Morgan fingerprint density at radius 3 is 2.62 bits per heavy atom. The molecule has 0 aliphatic heterocycles. The molecule has 2 aromatic rings. The average molecular weight is 464 g/mol. The fraction of sp³-hybridized carbons (Fsp3) is 0.435. The van der Waals surface area contributed by atoms with Crippen LogP contribution in [0.5, 0.6) is 5.75 Å². The standard InChI is InChI=1S/C23H27ClFN3O4/c1-23(2,3)32-22(30)27-15-7-5-13(9-15)21(29)28-20-11-17(18(24)12-26-20)16-8-6-14(25)10-19(16)31-4/h6,8,10-13,15H,5,7,9H2,1-4H3,(H,27,30)(H,26,28,29)/t13-,15+/m0/s1. The lowest BCUT2D eigenvalue weighted by molar-refractivity contribution is -0.119. The van der Waals surface area contributed by atoms with Crippen LogP contribution >= 0.6 is 11.6 Å². The highest BCUT2D eigenvalue weighted by atomic mass is 35.5. The summed E-state index contributed by atoms with van der Waals surface area (Å²) in [6, 6.07) is 5.63. The molecule has 1 saturated carbocycles. The number of halogens is 2. The SMILES string of the molecule is COc1cc(F)ccc1-c1cc(NC(=O)[C@H]2CC[C@@H](NC(=O)OC(C)(C)C)C2)ncc1Cl. The molecule has 1 aromatic heterocycles. The Morgan fingerprint density at radius 2 is 1.94 bits per heavy atom. The summed E-state index contributed by atoms with van der Waals surface area (Å²) >= 11 is 6.30. The number of hydrogen-bond donors (Lipinski definition) is 2. The third-order valence-corrected chi connectivity index (χ3v) is 5.39. The largest absolute Gasteiger partial charge is 0.496 e. The van der Waals surface area contributed by atoms with Crippen LogP contribution in [0, 0.1) is 11.7 Å². The quantitative estimate of drug-likeness (QED) is 0.637. The zero-order valence-corrected chi connectivity index (χ0v) is 19.3. The summed E-state index contributed by atoms with van der Waals surface area (Å²) in [4.78, 5) is 28.9. The van der Waals surface area contributed by atoms with Gasteiger partial charge in [-0.15, -0.1) is 0 Å². The number of carbonyl (C=O) groups is 2. The van der Waals surface area contributed by atoms with Gasteiger partial charge in [0.15, 0.2) is 0 Å². The summed E-state index contributed by atoms with van der Waals surface area (Å²) in [5.74, 6) is -0.242. The molecule has 32 heavy (non-hydrogen) atoms. The lowest BCUT2D eigenvalue weighted by Crippen LogP contribution is -2.38. The van der Waals surface area contributed by atoms with E-state index in [0.29, 0.717) is 47.0 Å². The normalized spacial score (nSPS) is 18.2. The van der Waals surface area contributed by atoms with Crippen molar-refractivity contribution in [2.75, 3.05) is 12.4 Å². The molecule has 1 heterocycles. The van der Waals surface area contributed by atoms with E-state index in [0.717, 1.165) is 0 Å². The average Bonchev–Trinajstić information content (AvgIpc) is 3.16. The number of amides is 2. The Morgan fingerprint density at radius 1 is 1.19 bits per heavy atom. The Bertz CT molecular complexity index is 1010. The first kappa shape index (κ1) is 23.8. The van der Waals surface area contributed by atoms with E-state index in [-0.39, 0.29) is 17.9 Å². The van der Waals surface area contributed by atoms with Crippen LogP contribution in [0.3, 0.4) is 0 Å². The summed E-state index contributed by atoms with van der Waals surface area (Å²) in [5, 5.41) is 5.98. The van der Waals surface area contributed by atoms with Crippen molar-refractivity contribution in [3.63, 3.8) is 0 Å². The number of alkyl carbamates (subject to hydrolysis) is 1. The van der Waals surface area contributed by atoms with Gasteiger partial charge in [0.25, 0.3) is 0 Å². The second-order valence-electron chi connectivity index (χ2n) is 8.74. The second kappa shape index (κ2) is 9.73. The van der Waals surface area contributed by atoms with Crippen molar-refractivity contribution in [3.05, 3.63) is 41.3 Å². The highest BCUT2D eigenvalue weighted by Crippen LogP contribution is 2.36. The first-order valence-corrected chi connectivity index (χ1v) is 10.7. The number of ether oxygens (including phenoxy) is 2. The molecule has 0 bridgehead atoms. The Labute approximate surface area is 191 Å². The van der Waals surface area contributed by atoms with E-state index in [1.54, 1.807) is 32.9 Å². The van der Waals surface area contributed by atoms with Crippen LogP contribution < -0.4 is 15.4 Å². The van der Waals surface area contributed by atoms with Gasteiger partial charge in [0, 0.05) is 35.3 Å². The number of carbonyl (C=O) groups excluding carboxylic acids is 2. The molecule has 0 saturated heterocycles. The number of nitrogens with one attached hydrogen (secondary N) is 2. The van der Waals surface area contributed by atoms with Crippen molar-refractivity contribution in [2.45, 2.75) is 51.7 Å². The van der Waals surface area contributed by atoms with E-state index in [2.05, 4.69) is 15.6 Å². The van der Waals surface area contributed by atoms with Crippen LogP contribution in [0.15, 0.2) is 30.5 Å². The molecule has 2 amide bonds. The molecule has 1 fully saturated rings. The molecule has 0 radical (unpaired) electrons. The lowest BCUT2D eigenvalue weighted by atomic mass is 10.0. The molecular weight excluding hydrogens is 437 g/mol. The summed E-state index contributed by atoms with van der Waals surface area (Å²) in [5.41, 5.74) is 0.564. The number of methoxy groups -OCH3 is 1. The number of aromatic nitrogens is 1. The lowest BCUT2D eigenvalue weighted by Gasteiger charge is -2.21. The monoisotopic (exact) mass is 463 g/mol. The van der Waals surface area contributed by atoms with E-state index < -0.39 is 17.5 Å². The maximum Gasteiger partial charge on any atom is 0.407 e. The maximum absolute atomic E-state index is 13.5. The molecule has 172 valence electrons. The van der Waals surface area contributed by atoms with Gasteiger partial charge in [-0.1, -0.05) is 11.6 Å². The van der Waals surface area contributed by atoms with Crippen molar-refractivity contribution >= 4 is 29.4 Å². The van der Waals surface area contributed by atoms with E-state index in [4.69, 9.17) is 21.1 Å². The molecule has 3 rings (SSSR count). The van der Waals surface area contributed by atoms with Gasteiger partial charge in [-0.3, -0.25) is 4.79 Å². The summed E-state index contributed by atoms with van der Waals surface area (Å²) in [6.07, 6.45) is 2.77. The highest BCUT2D eigenvalue weighted by molar-refractivity contribution is 6.33. The zero-order chi connectivity index (χ0) is 23.5. The highest BCUT2D eigenvalue weighted by Gasteiger charge is 2.32. The van der Waals surface area contributed by atoms with Crippen LogP contribution in [0.25, 0.3) is 11.1 Å². The Hall–Kier alpha value is -2.87. The van der Waals surface area contributed by atoms with E-state index in [9.17, 15) is 14.0 Å². The minimum Gasteiger partial charge on any atom is -0.496 e. The molecule has 0 unspecified atom stereocenters. The fourth-order valence-corrected chi connectivity index (χ4v) is 3.86. The number of anilines is 1. The summed E-state index contributed by atoms with van der Waals surface area (Å²) < 4.78 is 24.1. The topological polar surface area (TPSA) is 89.6 Å². The molecule has 1 aromatic carbocycles. The van der Waals surface area contributed by atoms with E-state index in [1.165, 1.54) is 25.4 Å². The van der Waals surface area contributed by atoms with Gasteiger partial charge in [0.2, 0.25) is 5.91 Å². The van der Waals surface area contributed by atoms with Crippen LogP contribution in [-0.4, -0.2) is 35.7 Å². The number of pyridine rings is 1. The number of benzene rings is 1. The third kappa shape index (κ3) is 6.09. The molecule has 1 aliphatic carbocycles. The summed E-state index contributed by atoms with van der Waals surface area (Å²) in [6.45, 7) is 5.39. The van der Waals surface area contributed by atoms with Crippen molar-refractivity contribution in [1.82, 2.24) is 10.3 Å². The van der Waals surface area contributed by atoms with Gasteiger partial charge in [-0.05, 0) is 58.2 Å². The van der Waals surface area contributed by atoms with Gasteiger partial charge < -0.3 is 20.1 Å². The predicted molar refractivity (Wildman–Crippen MR) is 120 cm³/mol. The van der Waals surface area contributed by atoms with Crippen LogP contribution in [-0.2, 0) is 9.53 Å². The van der Waals surface area contributed by atoms with Crippen LogP contribution in [0.1, 0.15) is 40.0 Å². The molecule has 2 N–H and O–H groups in total. The Kier molecular flexibility index (Phi) is 7.23. The molecule has 1 aliphatic rings. The number of nitrogens with zero attached hydrogens (tertiary/aromatic N) is 1. The molecule has 0 spiro atoms. The first-order chi connectivity index (χ1) is 15.1. The summed E-state index contributed by atoms with van der Waals surface area (Å²) in [7, 11) is 1.44. The molecule has 7 nitrogen and oxygen atoms in total. The van der Waals surface area contributed by atoms with E-state index in [1.807, 2.05) is 0 Å². The fourth-order valence-electron chi connectivity index (χ4n) is 3.65. The Balaban J connectivity index is 1.66. The smallest absolute Gasteiger partial charge is 0.407 e. The minimum atomic E-state index is -0.579. The number of rotatable bonds is 5. The molecule has 9 heteroatoms. The zero-order valence-electron chi connectivity index (χ0n) is 18.5. The minimum absolute atomic E-state index is 0.127. The molecule has 2 atom stereocenters. The maximum atomic E-state index is 13.5. The van der Waals surface area contributed by atoms with Gasteiger partial charge >= 0.3 is 6.09 Å². The van der Waals surface area contributed by atoms with Crippen LogP contribution in [0.4, 0.5) is 15.0 Å². The van der Waals surface area contributed by atoms with Gasteiger partial charge in [0.1, 0.15) is 23.0 Å². The second-order valence-corrected chi connectivity index (χ2v) is 9.14. The van der Waals surface area contributed by atoms with Crippen molar-refractivity contribution in [3.8, 4) is 16.9 Å². The van der Waals surface area contributed by atoms with Gasteiger partial charge in [0.05, 0.1) is 12.1 Å². The van der Waals surface area contributed by atoms with E-state index >= 15 is 0 Å². The molecular formula is C23H27ClFN3O4. The van der Waals surface area contributed by atoms with Gasteiger partial charge in [-0.25, -0.2) is 14.2 Å². The van der Waals surface area contributed by atoms with Crippen molar-refractivity contribution in [1.29, 1.82) is 0 Å². The van der Waals surface area contributed by atoms with Gasteiger partial charge in [-0.2, -0.15) is 0 Å².